The molecule has 0 radical (unpaired) electrons. The molecule has 2 heteroatoms. The number of halogens is 1. The van der Waals surface area contributed by atoms with Crippen molar-refractivity contribution in [1.29, 1.82) is 0 Å². The van der Waals surface area contributed by atoms with Gasteiger partial charge in [0.2, 0.25) is 0 Å². The van der Waals surface area contributed by atoms with Gasteiger partial charge in [-0.3, -0.25) is 0 Å². The van der Waals surface area contributed by atoms with Gasteiger partial charge in [0.05, 0.1) is 6.61 Å². The summed E-state index contributed by atoms with van der Waals surface area (Å²) >= 11 is 0. The van der Waals surface area contributed by atoms with Crippen LogP contribution >= 0.6 is 0 Å². The highest BCUT2D eigenvalue weighted by molar-refractivity contribution is 5.36. The summed E-state index contributed by atoms with van der Waals surface area (Å²) in [5, 5.41) is 0. The molecular weight excluding hydrogens is 215 g/mol. The van der Waals surface area contributed by atoms with Crippen molar-refractivity contribution in [1.82, 2.24) is 0 Å². The average Bonchev–Trinajstić information content (AvgIpc) is 2.32. The highest BCUT2D eigenvalue weighted by Gasteiger charge is 2.11. The van der Waals surface area contributed by atoms with E-state index in [1.807, 2.05) is 6.92 Å². The maximum Gasteiger partial charge on any atom is 0.123 e. The van der Waals surface area contributed by atoms with E-state index >= 15 is 0 Å². The zero-order chi connectivity index (χ0) is 12.7. The van der Waals surface area contributed by atoms with Crippen LogP contribution in [-0.2, 0) is 0 Å². The van der Waals surface area contributed by atoms with Gasteiger partial charge in [0.1, 0.15) is 11.6 Å². The summed E-state index contributed by atoms with van der Waals surface area (Å²) in [4.78, 5) is 0. The third-order valence-corrected chi connectivity index (χ3v) is 2.69. The number of rotatable bonds is 6. The van der Waals surface area contributed by atoms with Crippen LogP contribution in [0.1, 0.15) is 45.1 Å². The molecule has 0 N–H and O–H groups in total. The summed E-state index contributed by atoms with van der Waals surface area (Å²) in [6.07, 6.45) is 6.23. The minimum atomic E-state index is -0.199. The molecule has 1 aromatic rings. The summed E-state index contributed by atoms with van der Waals surface area (Å²) < 4.78 is 18.8. The molecular formula is C15H21FO. The molecule has 94 valence electrons. The van der Waals surface area contributed by atoms with E-state index in [1.54, 1.807) is 12.1 Å². The zero-order valence-electron chi connectivity index (χ0n) is 10.9. The van der Waals surface area contributed by atoms with E-state index in [0.29, 0.717) is 6.61 Å². The fourth-order valence-corrected chi connectivity index (χ4v) is 1.79. The van der Waals surface area contributed by atoms with Crippen molar-refractivity contribution in [2.75, 3.05) is 6.61 Å². The molecule has 0 saturated carbocycles. The fraction of sp³-hybridized carbons (Fsp3) is 0.467. The van der Waals surface area contributed by atoms with Crippen molar-refractivity contribution in [3.05, 3.63) is 41.7 Å². The molecule has 1 rings (SSSR count). The average molecular weight is 236 g/mol. The molecule has 0 amide bonds. The molecule has 0 saturated heterocycles. The second kappa shape index (κ2) is 7.10. The van der Waals surface area contributed by atoms with Gasteiger partial charge in [-0.1, -0.05) is 26.0 Å². The van der Waals surface area contributed by atoms with Gasteiger partial charge in [0.15, 0.2) is 0 Å². The van der Waals surface area contributed by atoms with Crippen molar-refractivity contribution in [2.45, 2.75) is 39.5 Å². The summed E-state index contributed by atoms with van der Waals surface area (Å²) in [6.45, 7) is 6.75. The van der Waals surface area contributed by atoms with E-state index in [-0.39, 0.29) is 11.7 Å². The maximum absolute atomic E-state index is 13.3. The molecule has 1 unspecified atom stereocenters. The van der Waals surface area contributed by atoms with Gasteiger partial charge in [-0.2, -0.15) is 0 Å². The highest BCUT2D eigenvalue weighted by atomic mass is 19.1. The molecule has 0 aliphatic rings. The van der Waals surface area contributed by atoms with E-state index in [1.165, 1.54) is 6.07 Å². The van der Waals surface area contributed by atoms with Gasteiger partial charge in [-0.15, -0.1) is 0 Å². The van der Waals surface area contributed by atoms with Crippen LogP contribution in [-0.4, -0.2) is 6.61 Å². The lowest BCUT2D eigenvalue weighted by Crippen LogP contribution is -2.00. The lowest BCUT2D eigenvalue weighted by molar-refractivity contribution is 0.334. The Morgan fingerprint density at radius 3 is 2.71 bits per heavy atom. The van der Waals surface area contributed by atoms with Crippen LogP contribution in [0.25, 0.3) is 0 Å². The summed E-state index contributed by atoms with van der Waals surface area (Å²) in [6, 6.07) is 4.74. The van der Waals surface area contributed by atoms with Gasteiger partial charge in [0.25, 0.3) is 0 Å². The molecule has 0 aliphatic heterocycles. The second-order valence-corrected chi connectivity index (χ2v) is 4.13. The summed E-state index contributed by atoms with van der Waals surface area (Å²) in [5.74, 6) is 0.871. The first-order valence-electron chi connectivity index (χ1n) is 6.26. The van der Waals surface area contributed by atoms with Crippen LogP contribution in [0.3, 0.4) is 0 Å². The van der Waals surface area contributed by atoms with Crippen LogP contribution in [0.2, 0.25) is 0 Å². The van der Waals surface area contributed by atoms with Gasteiger partial charge >= 0.3 is 0 Å². The normalized spacial score (nSPS) is 12.9. The second-order valence-electron chi connectivity index (χ2n) is 4.13. The first kappa shape index (κ1) is 13.8. The summed E-state index contributed by atoms with van der Waals surface area (Å²) in [7, 11) is 0. The molecule has 0 fully saturated rings. The number of allylic oxidation sites excluding steroid dienone is 2. The smallest absolute Gasteiger partial charge is 0.123 e. The quantitative estimate of drug-likeness (QED) is 0.651. The molecule has 17 heavy (non-hydrogen) atoms. The molecule has 1 atom stereocenters. The van der Waals surface area contributed by atoms with Crippen molar-refractivity contribution < 1.29 is 9.13 Å². The number of hydrogen-bond donors (Lipinski definition) is 0. The minimum Gasteiger partial charge on any atom is -0.494 e. The number of hydrogen-bond acceptors (Lipinski definition) is 1. The Balaban J connectivity index is 2.85. The van der Waals surface area contributed by atoms with Crippen LogP contribution < -0.4 is 4.74 Å². The van der Waals surface area contributed by atoms with E-state index in [0.717, 1.165) is 24.2 Å². The predicted octanol–water partition coefficient (Wildman–Crippen LogP) is 4.68. The Labute approximate surface area is 103 Å². The monoisotopic (exact) mass is 236 g/mol. The molecule has 0 heterocycles. The van der Waals surface area contributed by atoms with Crippen LogP contribution in [0, 0.1) is 5.82 Å². The zero-order valence-corrected chi connectivity index (χ0v) is 10.9. The Morgan fingerprint density at radius 1 is 1.29 bits per heavy atom. The maximum atomic E-state index is 13.3. The Morgan fingerprint density at radius 2 is 2.06 bits per heavy atom. The first-order valence-corrected chi connectivity index (χ1v) is 6.26. The van der Waals surface area contributed by atoms with E-state index in [4.69, 9.17) is 4.74 Å². The summed E-state index contributed by atoms with van der Waals surface area (Å²) in [5.41, 5.74) is 0.951. The third-order valence-electron chi connectivity index (χ3n) is 2.69. The van der Waals surface area contributed by atoms with Crippen LogP contribution in [0.4, 0.5) is 4.39 Å². The molecule has 1 nitrogen and oxygen atoms in total. The van der Waals surface area contributed by atoms with E-state index in [9.17, 15) is 4.39 Å². The molecule has 0 aromatic heterocycles. The highest BCUT2D eigenvalue weighted by Crippen LogP contribution is 2.30. The van der Waals surface area contributed by atoms with Crippen LogP contribution in [0.5, 0.6) is 5.75 Å². The lowest BCUT2D eigenvalue weighted by Gasteiger charge is -2.15. The Bertz CT molecular complexity index is 371. The van der Waals surface area contributed by atoms with Crippen molar-refractivity contribution in [3.63, 3.8) is 0 Å². The Hall–Kier alpha value is -1.31. The van der Waals surface area contributed by atoms with Crippen molar-refractivity contribution >= 4 is 0 Å². The van der Waals surface area contributed by atoms with Gasteiger partial charge in [-0.25, -0.2) is 4.39 Å². The van der Waals surface area contributed by atoms with Crippen molar-refractivity contribution in [3.8, 4) is 5.75 Å². The number of ether oxygens (including phenoxy) is 1. The molecule has 1 aromatic carbocycles. The molecule has 0 spiro atoms. The van der Waals surface area contributed by atoms with Gasteiger partial charge < -0.3 is 4.74 Å². The topological polar surface area (TPSA) is 9.23 Å². The van der Waals surface area contributed by atoms with Crippen LogP contribution in [0.15, 0.2) is 30.4 Å². The fourth-order valence-electron chi connectivity index (χ4n) is 1.79. The molecule has 0 bridgehead atoms. The standard InChI is InChI=1S/C15H21FO/c1-4-6-7-8-12(3)14-11-13(16)9-10-15(14)17-5-2/h6-7,9-12H,4-5,8H2,1-3H3/b7-6-. The largest absolute Gasteiger partial charge is 0.494 e. The third kappa shape index (κ3) is 4.22. The van der Waals surface area contributed by atoms with Crippen molar-refractivity contribution in [2.24, 2.45) is 0 Å². The lowest BCUT2D eigenvalue weighted by atomic mass is 9.96. The van der Waals surface area contributed by atoms with Gasteiger partial charge in [0, 0.05) is 5.56 Å². The van der Waals surface area contributed by atoms with Gasteiger partial charge in [-0.05, 0) is 43.9 Å². The van der Waals surface area contributed by atoms with E-state index in [2.05, 4.69) is 26.0 Å². The Kier molecular flexibility index (Phi) is 5.75. The predicted molar refractivity (Wildman–Crippen MR) is 70.0 cm³/mol. The minimum absolute atomic E-state index is 0.199. The SMILES string of the molecule is CC/C=C\CC(C)c1cc(F)ccc1OCC. The molecule has 0 aliphatic carbocycles. The van der Waals surface area contributed by atoms with E-state index < -0.39 is 0 Å². The number of benzene rings is 1. The first-order chi connectivity index (χ1) is 8.19.